The summed E-state index contributed by atoms with van der Waals surface area (Å²) in [5.74, 6) is 0.945. The fourth-order valence-electron chi connectivity index (χ4n) is 2.70. The Morgan fingerprint density at radius 2 is 1.81 bits per heavy atom. The Kier molecular flexibility index (Phi) is 4.71. The molecule has 4 rings (SSSR count). The number of aromatic nitrogens is 4. The fraction of sp³-hybridized carbons (Fsp3) is 0.158. The molecule has 0 atom stereocenters. The molecule has 0 spiro atoms. The Morgan fingerprint density at radius 1 is 1.04 bits per heavy atom. The first-order valence-corrected chi connectivity index (χ1v) is 8.34. The molecule has 1 N–H and O–H groups in total. The average molecular weight is 365 g/mol. The van der Waals surface area contributed by atoms with E-state index >= 15 is 0 Å². The summed E-state index contributed by atoms with van der Waals surface area (Å²) in [6.07, 6.45) is 0. The first-order valence-electron chi connectivity index (χ1n) is 8.34. The predicted octanol–water partition coefficient (Wildman–Crippen LogP) is 3.54. The lowest BCUT2D eigenvalue weighted by Gasteiger charge is -2.08. The monoisotopic (exact) mass is 365 g/mol. The van der Waals surface area contributed by atoms with Gasteiger partial charge in [0.1, 0.15) is 5.82 Å². The van der Waals surface area contributed by atoms with Crippen molar-refractivity contribution in [3.8, 4) is 23.0 Å². The van der Waals surface area contributed by atoms with Gasteiger partial charge < -0.3 is 14.6 Å². The Balaban J connectivity index is 1.72. The largest absolute Gasteiger partial charge is 0.383 e. The smallest absolute Gasteiger partial charge is 0.279 e. The third-order valence-corrected chi connectivity index (χ3v) is 4.02. The molecule has 2 aromatic heterocycles. The molecule has 0 bridgehead atoms. The maximum atomic E-state index is 13.1. The standard InChI is InChI=1S/C19H16FN5O2/c1-26-11-10-21-18-15-5-3-2-4-14(15)16(23-24-18)19-22-17(25-27-19)12-6-8-13(20)9-7-12/h2-9H,10-11H2,1H3,(H,21,24). The molecular formula is C19H16FN5O2. The van der Waals surface area contributed by atoms with Gasteiger partial charge in [-0.15, -0.1) is 10.2 Å². The van der Waals surface area contributed by atoms with Crippen molar-refractivity contribution >= 4 is 16.6 Å². The molecule has 0 aliphatic rings. The number of nitrogens with zero attached hydrogens (tertiary/aromatic N) is 4. The van der Waals surface area contributed by atoms with Crippen molar-refractivity contribution in [2.24, 2.45) is 0 Å². The lowest BCUT2D eigenvalue weighted by molar-refractivity contribution is 0.210. The van der Waals surface area contributed by atoms with Gasteiger partial charge in [0, 0.05) is 30.0 Å². The van der Waals surface area contributed by atoms with Crippen LogP contribution in [0.2, 0.25) is 0 Å². The molecule has 0 fully saturated rings. The third kappa shape index (κ3) is 3.47. The van der Waals surface area contributed by atoms with Gasteiger partial charge in [0.15, 0.2) is 11.5 Å². The minimum atomic E-state index is -0.323. The van der Waals surface area contributed by atoms with Crippen LogP contribution in [-0.2, 0) is 4.74 Å². The second-order valence-electron chi connectivity index (χ2n) is 5.79. The second-order valence-corrected chi connectivity index (χ2v) is 5.79. The molecule has 27 heavy (non-hydrogen) atoms. The molecule has 0 aliphatic heterocycles. The van der Waals surface area contributed by atoms with Crippen LogP contribution in [0.4, 0.5) is 10.2 Å². The van der Waals surface area contributed by atoms with E-state index in [-0.39, 0.29) is 11.7 Å². The molecule has 0 amide bonds. The summed E-state index contributed by atoms with van der Waals surface area (Å²) in [5, 5.41) is 17.4. The van der Waals surface area contributed by atoms with Crippen LogP contribution in [-0.4, -0.2) is 40.6 Å². The van der Waals surface area contributed by atoms with Gasteiger partial charge in [-0.2, -0.15) is 4.98 Å². The molecule has 7 nitrogen and oxygen atoms in total. The molecular weight excluding hydrogens is 349 g/mol. The summed E-state index contributed by atoms with van der Waals surface area (Å²) >= 11 is 0. The summed E-state index contributed by atoms with van der Waals surface area (Å²) < 4.78 is 23.5. The Hall–Kier alpha value is -3.39. The van der Waals surface area contributed by atoms with Gasteiger partial charge in [-0.3, -0.25) is 0 Å². The Bertz CT molecular complexity index is 1070. The number of benzene rings is 2. The van der Waals surface area contributed by atoms with Crippen molar-refractivity contribution < 1.29 is 13.7 Å². The number of methoxy groups -OCH3 is 1. The van der Waals surface area contributed by atoms with Crippen LogP contribution in [0.3, 0.4) is 0 Å². The highest BCUT2D eigenvalue weighted by molar-refractivity contribution is 5.98. The quantitative estimate of drug-likeness (QED) is 0.523. The minimum Gasteiger partial charge on any atom is -0.383 e. The van der Waals surface area contributed by atoms with Crippen LogP contribution >= 0.6 is 0 Å². The molecule has 0 unspecified atom stereocenters. The predicted molar refractivity (Wildman–Crippen MR) is 98.6 cm³/mol. The van der Waals surface area contributed by atoms with Crippen molar-refractivity contribution in [1.82, 2.24) is 20.3 Å². The van der Waals surface area contributed by atoms with Gasteiger partial charge in [-0.25, -0.2) is 4.39 Å². The van der Waals surface area contributed by atoms with E-state index < -0.39 is 0 Å². The van der Waals surface area contributed by atoms with Crippen LogP contribution < -0.4 is 5.32 Å². The van der Waals surface area contributed by atoms with Crippen molar-refractivity contribution in [2.45, 2.75) is 0 Å². The van der Waals surface area contributed by atoms with E-state index in [1.165, 1.54) is 12.1 Å². The maximum Gasteiger partial charge on any atom is 0.279 e. The summed E-state index contributed by atoms with van der Waals surface area (Å²) in [7, 11) is 1.64. The minimum absolute atomic E-state index is 0.251. The fourth-order valence-corrected chi connectivity index (χ4v) is 2.70. The molecule has 0 saturated heterocycles. The van der Waals surface area contributed by atoms with Gasteiger partial charge in [-0.05, 0) is 24.3 Å². The summed E-state index contributed by atoms with van der Waals surface area (Å²) in [5.41, 5.74) is 1.14. The molecule has 0 radical (unpaired) electrons. The zero-order valence-corrected chi connectivity index (χ0v) is 14.5. The number of halogens is 1. The lowest BCUT2D eigenvalue weighted by atomic mass is 10.1. The van der Waals surface area contributed by atoms with Gasteiger partial charge >= 0.3 is 0 Å². The highest BCUT2D eigenvalue weighted by Crippen LogP contribution is 2.29. The number of anilines is 1. The van der Waals surface area contributed by atoms with Gasteiger partial charge in [0.25, 0.3) is 5.89 Å². The van der Waals surface area contributed by atoms with Crippen molar-refractivity contribution in [2.75, 3.05) is 25.6 Å². The summed E-state index contributed by atoms with van der Waals surface area (Å²) in [4.78, 5) is 4.39. The average Bonchev–Trinajstić information content (AvgIpc) is 3.19. The van der Waals surface area contributed by atoms with Crippen molar-refractivity contribution in [3.63, 3.8) is 0 Å². The van der Waals surface area contributed by atoms with E-state index in [9.17, 15) is 4.39 Å². The molecule has 2 heterocycles. The second kappa shape index (κ2) is 7.46. The number of fused-ring (bicyclic) bond motifs is 1. The molecule has 8 heteroatoms. The zero-order chi connectivity index (χ0) is 18.6. The van der Waals surface area contributed by atoms with Gasteiger partial charge in [-0.1, -0.05) is 29.4 Å². The lowest BCUT2D eigenvalue weighted by Crippen LogP contribution is -2.10. The maximum absolute atomic E-state index is 13.1. The summed E-state index contributed by atoms with van der Waals surface area (Å²) in [6, 6.07) is 13.6. The van der Waals surface area contributed by atoms with E-state index in [0.29, 0.717) is 36.1 Å². The molecule has 2 aromatic carbocycles. The van der Waals surface area contributed by atoms with Crippen LogP contribution in [0.25, 0.3) is 33.7 Å². The van der Waals surface area contributed by atoms with Crippen molar-refractivity contribution in [3.05, 3.63) is 54.3 Å². The number of nitrogens with one attached hydrogen (secondary N) is 1. The Morgan fingerprint density at radius 3 is 2.59 bits per heavy atom. The van der Waals surface area contributed by atoms with Crippen LogP contribution in [0, 0.1) is 5.82 Å². The van der Waals surface area contributed by atoms with Crippen LogP contribution in [0.15, 0.2) is 53.1 Å². The molecule has 136 valence electrons. The molecule has 0 saturated carbocycles. The van der Waals surface area contributed by atoms with E-state index in [1.807, 2.05) is 24.3 Å². The number of ether oxygens (including phenoxy) is 1. The van der Waals surface area contributed by atoms with Crippen LogP contribution in [0.1, 0.15) is 0 Å². The van der Waals surface area contributed by atoms with E-state index in [2.05, 4.69) is 25.7 Å². The number of rotatable bonds is 6. The topological polar surface area (TPSA) is 86.0 Å². The highest BCUT2D eigenvalue weighted by Gasteiger charge is 2.17. The Labute approximate surface area is 154 Å². The third-order valence-electron chi connectivity index (χ3n) is 4.02. The van der Waals surface area contributed by atoms with Gasteiger partial charge in [0.05, 0.1) is 6.61 Å². The normalized spacial score (nSPS) is 11.0. The first kappa shape index (κ1) is 17.0. The summed E-state index contributed by atoms with van der Waals surface area (Å²) in [6.45, 7) is 1.17. The number of hydrogen-bond acceptors (Lipinski definition) is 7. The van der Waals surface area contributed by atoms with E-state index in [4.69, 9.17) is 9.26 Å². The van der Waals surface area contributed by atoms with Gasteiger partial charge in [0.2, 0.25) is 5.82 Å². The number of hydrogen-bond donors (Lipinski definition) is 1. The van der Waals surface area contributed by atoms with E-state index in [0.717, 1.165) is 10.8 Å². The molecule has 4 aromatic rings. The van der Waals surface area contributed by atoms with Crippen LogP contribution in [0.5, 0.6) is 0 Å². The van der Waals surface area contributed by atoms with E-state index in [1.54, 1.807) is 19.2 Å². The first-order chi connectivity index (χ1) is 13.3. The molecule has 0 aliphatic carbocycles. The SMILES string of the molecule is COCCNc1nnc(-c2nc(-c3ccc(F)cc3)no2)c2ccccc12. The highest BCUT2D eigenvalue weighted by atomic mass is 19.1. The van der Waals surface area contributed by atoms with Crippen molar-refractivity contribution in [1.29, 1.82) is 0 Å². The zero-order valence-electron chi connectivity index (χ0n) is 14.5.